The Kier molecular flexibility index (Phi) is 6.99. The van der Waals surface area contributed by atoms with Crippen LogP contribution in [0.3, 0.4) is 0 Å². The fourth-order valence-electron chi connectivity index (χ4n) is 2.71. The Labute approximate surface area is 179 Å². The zero-order valence-electron chi connectivity index (χ0n) is 15.6. The Balaban J connectivity index is 1.80. The van der Waals surface area contributed by atoms with E-state index in [0.717, 1.165) is 11.1 Å². The van der Waals surface area contributed by atoms with Crippen LogP contribution in [0.1, 0.15) is 25.0 Å². The van der Waals surface area contributed by atoms with E-state index >= 15 is 0 Å². The molecule has 1 aliphatic heterocycles. The van der Waals surface area contributed by atoms with Gasteiger partial charge in [-0.15, -0.1) is 0 Å². The molecule has 0 atom stereocenters. The van der Waals surface area contributed by atoms with E-state index in [-0.39, 0.29) is 5.91 Å². The Bertz CT molecular complexity index is 930. The summed E-state index contributed by atoms with van der Waals surface area (Å²) >= 11 is 12.6. The number of amides is 1. The van der Waals surface area contributed by atoms with Crippen molar-refractivity contribution in [3.8, 4) is 11.5 Å². The van der Waals surface area contributed by atoms with Crippen molar-refractivity contribution in [1.29, 1.82) is 0 Å². The molecule has 0 N–H and O–H groups in total. The van der Waals surface area contributed by atoms with Gasteiger partial charge in [0.05, 0.1) is 11.5 Å². The van der Waals surface area contributed by atoms with E-state index in [2.05, 4.69) is 0 Å². The van der Waals surface area contributed by atoms with Crippen molar-refractivity contribution in [2.24, 2.45) is 0 Å². The number of carbonyl (C=O) groups excluding carboxylic acids is 1. The number of carbonyl (C=O) groups is 1. The highest BCUT2D eigenvalue weighted by Gasteiger charge is 2.30. The van der Waals surface area contributed by atoms with Gasteiger partial charge in [-0.1, -0.05) is 53.8 Å². The fraction of sp³-hybridized carbons (Fsp3) is 0.238. The van der Waals surface area contributed by atoms with Crippen molar-refractivity contribution in [1.82, 2.24) is 4.90 Å². The molecule has 7 heteroatoms. The van der Waals surface area contributed by atoms with Crippen LogP contribution in [0, 0.1) is 0 Å². The van der Waals surface area contributed by atoms with Crippen LogP contribution in [-0.4, -0.2) is 28.3 Å². The number of thioether (sulfide) groups is 1. The van der Waals surface area contributed by atoms with E-state index in [1.165, 1.54) is 11.8 Å². The Morgan fingerprint density at radius 2 is 1.96 bits per heavy atom. The molecule has 1 fully saturated rings. The molecule has 0 radical (unpaired) electrons. The predicted molar refractivity (Wildman–Crippen MR) is 119 cm³/mol. The summed E-state index contributed by atoms with van der Waals surface area (Å²) in [5.41, 5.74) is 1.83. The van der Waals surface area contributed by atoms with E-state index in [1.54, 1.807) is 4.90 Å². The van der Waals surface area contributed by atoms with Crippen molar-refractivity contribution in [2.45, 2.75) is 20.5 Å². The molecular weight excluding hydrogens is 414 g/mol. The minimum atomic E-state index is -0.0586. The Morgan fingerprint density at radius 1 is 1.14 bits per heavy atom. The van der Waals surface area contributed by atoms with Crippen molar-refractivity contribution < 1.29 is 14.3 Å². The SMILES string of the molecule is CCOc1cc(C=C2SC(=S)N(CC)C2=O)ccc1OCc1cccc(Cl)c1. The predicted octanol–water partition coefficient (Wildman–Crippen LogP) is 5.54. The maximum Gasteiger partial charge on any atom is 0.266 e. The zero-order chi connectivity index (χ0) is 20.1. The largest absolute Gasteiger partial charge is 0.490 e. The minimum absolute atomic E-state index is 0.0586. The second-order valence-corrected chi connectivity index (χ2v) is 8.10. The molecule has 1 heterocycles. The summed E-state index contributed by atoms with van der Waals surface area (Å²) in [6.45, 7) is 5.29. The Morgan fingerprint density at radius 3 is 2.64 bits per heavy atom. The highest BCUT2D eigenvalue weighted by Crippen LogP contribution is 2.35. The topological polar surface area (TPSA) is 38.8 Å². The van der Waals surface area contributed by atoms with Crippen LogP contribution in [-0.2, 0) is 11.4 Å². The first kappa shape index (κ1) is 20.7. The molecule has 0 aromatic heterocycles. The second-order valence-electron chi connectivity index (χ2n) is 5.98. The normalized spacial score (nSPS) is 15.4. The van der Waals surface area contributed by atoms with Gasteiger partial charge in [-0.25, -0.2) is 0 Å². The molecule has 0 spiro atoms. The van der Waals surface area contributed by atoms with E-state index in [9.17, 15) is 4.79 Å². The lowest BCUT2D eigenvalue weighted by Gasteiger charge is -2.13. The number of ether oxygens (including phenoxy) is 2. The summed E-state index contributed by atoms with van der Waals surface area (Å²) in [5.74, 6) is 1.21. The highest BCUT2D eigenvalue weighted by molar-refractivity contribution is 8.26. The van der Waals surface area contributed by atoms with Gasteiger partial charge in [-0.2, -0.15) is 0 Å². The number of rotatable bonds is 7. The van der Waals surface area contributed by atoms with Gasteiger partial charge in [0.1, 0.15) is 10.9 Å². The van der Waals surface area contributed by atoms with E-state index < -0.39 is 0 Å². The second kappa shape index (κ2) is 9.45. The highest BCUT2D eigenvalue weighted by atomic mass is 35.5. The van der Waals surface area contributed by atoms with Gasteiger partial charge in [-0.05, 0) is 55.3 Å². The maximum absolute atomic E-state index is 12.4. The van der Waals surface area contributed by atoms with Crippen molar-refractivity contribution in [3.05, 3.63) is 63.5 Å². The molecule has 0 bridgehead atoms. The third-order valence-corrected chi connectivity index (χ3v) is 5.65. The van der Waals surface area contributed by atoms with Gasteiger partial charge in [-0.3, -0.25) is 9.69 Å². The van der Waals surface area contributed by atoms with Crippen LogP contribution in [0.25, 0.3) is 6.08 Å². The van der Waals surface area contributed by atoms with E-state index in [0.29, 0.717) is 45.5 Å². The lowest BCUT2D eigenvalue weighted by molar-refractivity contribution is -0.121. The molecule has 2 aromatic carbocycles. The summed E-state index contributed by atoms with van der Waals surface area (Å²) in [5, 5.41) is 0.672. The average molecular weight is 434 g/mol. The number of hydrogen-bond donors (Lipinski definition) is 0. The summed E-state index contributed by atoms with van der Waals surface area (Å²) in [6.07, 6.45) is 1.83. The van der Waals surface area contributed by atoms with Gasteiger partial charge in [0, 0.05) is 11.6 Å². The Hall–Kier alpha value is -2.02. The summed E-state index contributed by atoms with van der Waals surface area (Å²) in [6, 6.07) is 13.2. The van der Waals surface area contributed by atoms with Crippen molar-refractivity contribution in [3.63, 3.8) is 0 Å². The number of thiocarbonyl (C=S) groups is 1. The lowest BCUT2D eigenvalue weighted by Crippen LogP contribution is -2.27. The maximum atomic E-state index is 12.4. The van der Waals surface area contributed by atoms with Crippen LogP contribution < -0.4 is 9.47 Å². The molecule has 2 aromatic rings. The molecule has 0 saturated carbocycles. The van der Waals surface area contributed by atoms with Crippen LogP contribution in [0.2, 0.25) is 5.02 Å². The number of halogens is 1. The smallest absolute Gasteiger partial charge is 0.266 e. The van der Waals surface area contributed by atoms with Gasteiger partial charge >= 0.3 is 0 Å². The van der Waals surface area contributed by atoms with Crippen LogP contribution in [0.15, 0.2) is 47.4 Å². The van der Waals surface area contributed by atoms with Crippen molar-refractivity contribution in [2.75, 3.05) is 13.2 Å². The van der Waals surface area contributed by atoms with Gasteiger partial charge in [0.2, 0.25) is 0 Å². The first-order valence-corrected chi connectivity index (χ1v) is 10.5. The van der Waals surface area contributed by atoms with E-state index in [4.69, 9.17) is 33.3 Å². The molecule has 3 rings (SSSR count). The molecule has 28 heavy (non-hydrogen) atoms. The standard InChI is InChI=1S/C21H20ClNO3S2/c1-3-23-20(24)19(28-21(23)27)12-14-8-9-17(18(11-14)25-4-2)26-13-15-6-5-7-16(22)10-15/h5-12H,3-4,13H2,1-2H3. The molecule has 0 unspecified atom stereocenters. The van der Waals surface area contributed by atoms with Crippen molar-refractivity contribution >= 4 is 51.9 Å². The monoisotopic (exact) mass is 433 g/mol. The molecule has 146 valence electrons. The van der Waals surface area contributed by atoms with Gasteiger partial charge in [0.25, 0.3) is 5.91 Å². The molecule has 1 amide bonds. The molecule has 0 aliphatic carbocycles. The minimum Gasteiger partial charge on any atom is -0.490 e. The van der Waals surface area contributed by atoms with Gasteiger partial charge in [0.15, 0.2) is 11.5 Å². The quantitative estimate of drug-likeness (QED) is 0.423. The number of nitrogens with zero attached hydrogens (tertiary/aromatic N) is 1. The number of likely N-dealkylation sites (N-methyl/N-ethyl adjacent to an activating group) is 1. The van der Waals surface area contributed by atoms with Gasteiger partial charge < -0.3 is 9.47 Å². The summed E-state index contributed by atoms with van der Waals surface area (Å²) in [4.78, 5) is 14.6. The summed E-state index contributed by atoms with van der Waals surface area (Å²) in [7, 11) is 0. The van der Waals surface area contributed by atoms with Crippen LogP contribution in [0.5, 0.6) is 11.5 Å². The lowest BCUT2D eigenvalue weighted by atomic mass is 10.1. The third kappa shape index (κ3) is 4.87. The molecule has 4 nitrogen and oxygen atoms in total. The average Bonchev–Trinajstić information content (AvgIpc) is 2.94. The van der Waals surface area contributed by atoms with Crippen LogP contribution >= 0.6 is 35.6 Å². The molecule has 1 saturated heterocycles. The molecular formula is C21H20ClNO3S2. The zero-order valence-corrected chi connectivity index (χ0v) is 18.0. The third-order valence-electron chi connectivity index (χ3n) is 4.04. The van der Waals surface area contributed by atoms with Crippen LogP contribution in [0.4, 0.5) is 0 Å². The number of benzene rings is 2. The van der Waals surface area contributed by atoms with E-state index in [1.807, 2.05) is 62.4 Å². The fourth-order valence-corrected chi connectivity index (χ4v) is 4.31. The first-order chi connectivity index (χ1) is 13.5. The summed E-state index contributed by atoms with van der Waals surface area (Å²) < 4.78 is 12.2. The first-order valence-electron chi connectivity index (χ1n) is 8.91. The number of hydrogen-bond acceptors (Lipinski definition) is 5. The molecule has 1 aliphatic rings.